The van der Waals surface area contributed by atoms with Gasteiger partial charge < -0.3 is 10.0 Å². The highest BCUT2D eigenvalue weighted by atomic mass is 19.4. The van der Waals surface area contributed by atoms with Crippen molar-refractivity contribution in [2.45, 2.75) is 38.1 Å². The quantitative estimate of drug-likeness (QED) is 0.415. The number of rotatable bonds is 3. The van der Waals surface area contributed by atoms with Gasteiger partial charge in [-0.2, -0.15) is 18.3 Å². The van der Waals surface area contributed by atoms with Gasteiger partial charge in [-0.15, -0.1) is 0 Å². The van der Waals surface area contributed by atoms with Gasteiger partial charge in [0, 0.05) is 48.8 Å². The Labute approximate surface area is 206 Å². The maximum absolute atomic E-state index is 14.2. The number of carbonyl (C=O) groups excluding carboxylic acids is 1. The molecule has 2 unspecified atom stereocenters. The summed E-state index contributed by atoms with van der Waals surface area (Å²) in [7, 11) is 0. The van der Waals surface area contributed by atoms with Crippen molar-refractivity contribution >= 4 is 22.5 Å². The third-order valence-electron chi connectivity index (χ3n) is 7.27. The molecule has 6 rings (SSSR count). The number of aliphatic hydroxyl groups is 1. The summed E-state index contributed by atoms with van der Waals surface area (Å²) in [6.07, 6.45) is 0.885. The predicted octanol–water partition coefficient (Wildman–Crippen LogP) is 3.82. The molecule has 0 aromatic carbocycles. The molecule has 194 valence electrons. The van der Waals surface area contributed by atoms with Crippen LogP contribution in [0.3, 0.4) is 0 Å². The van der Waals surface area contributed by atoms with Crippen molar-refractivity contribution in [3.63, 3.8) is 0 Å². The molecule has 2 atom stereocenters. The zero-order valence-electron chi connectivity index (χ0n) is 19.3. The number of aromatic nitrogens is 5. The molecule has 1 saturated heterocycles. The number of piperidine rings is 1. The third-order valence-corrected chi connectivity index (χ3v) is 7.27. The molecular weight excluding hydrogens is 499 g/mol. The van der Waals surface area contributed by atoms with Gasteiger partial charge in [0.25, 0.3) is 5.91 Å². The highest BCUT2D eigenvalue weighted by Crippen LogP contribution is 2.36. The molecule has 8 nitrogen and oxygen atoms in total. The van der Waals surface area contributed by atoms with Crippen LogP contribution >= 0.6 is 0 Å². The van der Waals surface area contributed by atoms with Gasteiger partial charge >= 0.3 is 6.18 Å². The van der Waals surface area contributed by atoms with Gasteiger partial charge in [-0.25, -0.2) is 13.8 Å². The van der Waals surface area contributed by atoms with E-state index in [9.17, 15) is 31.9 Å². The van der Waals surface area contributed by atoms with Crippen molar-refractivity contribution in [2.24, 2.45) is 11.8 Å². The van der Waals surface area contributed by atoms with E-state index in [2.05, 4.69) is 15.1 Å². The van der Waals surface area contributed by atoms with Crippen molar-refractivity contribution in [1.82, 2.24) is 29.0 Å². The molecular formula is C24H21F5N6O2. The molecule has 2 bridgehead atoms. The lowest BCUT2D eigenvalue weighted by Gasteiger charge is -2.44. The zero-order valence-corrected chi connectivity index (χ0v) is 19.3. The summed E-state index contributed by atoms with van der Waals surface area (Å²) in [6.45, 7) is -0.745. The minimum absolute atomic E-state index is 0.00487. The second-order valence-corrected chi connectivity index (χ2v) is 9.70. The minimum Gasteiger partial charge on any atom is -0.392 e. The Balaban J connectivity index is 1.44. The van der Waals surface area contributed by atoms with E-state index in [1.54, 1.807) is 4.90 Å². The summed E-state index contributed by atoms with van der Waals surface area (Å²) in [5.74, 6) is -2.36. The number of aliphatic hydroxyl groups excluding tert-OH is 1. The topological polar surface area (TPSA) is 88.6 Å². The fourth-order valence-corrected chi connectivity index (χ4v) is 5.59. The summed E-state index contributed by atoms with van der Waals surface area (Å²) in [5.41, 5.74) is -0.216. The molecule has 2 aliphatic rings. The van der Waals surface area contributed by atoms with Gasteiger partial charge in [0.1, 0.15) is 23.7 Å². The van der Waals surface area contributed by atoms with Gasteiger partial charge in [0.15, 0.2) is 11.5 Å². The number of nitrogens with zero attached hydrogens (tertiary/aromatic N) is 6. The smallest absolute Gasteiger partial charge is 0.392 e. The molecule has 1 aliphatic heterocycles. The zero-order chi connectivity index (χ0) is 26.1. The molecule has 1 amide bonds. The number of halogens is 5. The average Bonchev–Trinajstić information content (AvgIpc) is 3.38. The second-order valence-electron chi connectivity index (χ2n) is 9.70. The molecule has 4 aromatic heterocycles. The van der Waals surface area contributed by atoms with Crippen LogP contribution in [0.15, 0.2) is 30.7 Å². The number of hydrogen-bond donors (Lipinski definition) is 1. The Kier molecular flexibility index (Phi) is 5.44. The van der Waals surface area contributed by atoms with E-state index in [0.717, 1.165) is 29.9 Å². The lowest BCUT2D eigenvalue weighted by Crippen LogP contribution is -2.53. The van der Waals surface area contributed by atoms with E-state index in [1.165, 1.54) is 18.5 Å². The molecule has 13 heteroatoms. The van der Waals surface area contributed by atoms with E-state index in [4.69, 9.17) is 0 Å². The molecule has 4 aromatic rings. The number of likely N-dealkylation sites (tertiary alicyclic amines) is 1. The van der Waals surface area contributed by atoms with Crippen molar-refractivity contribution in [3.05, 3.63) is 48.1 Å². The van der Waals surface area contributed by atoms with Crippen molar-refractivity contribution < 1.29 is 31.9 Å². The Hall–Kier alpha value is -3.61. The molecule has 0 radical (unpaired) electrons. The fourth-order valence-electron chi connectivity index (χ4n) is 5.59. The van der Waals surface area contributed by atoms with E-state index >= 15 is 0 Å². The molecule has 37 heavy (non-hydrogen) atoms. The van der Waals surface area contributed by atoms with E-state index in [0.29, 0.717) is 23.8 Å². The number of fused-ring (bicyclic) bond motifs is 4. The largest absolute Gasteiger partial charge is 0.408 e. The van der Waals surface area contributed by atoms with Crippen LogP contribution < -0.4 is 0 Å². The lowest BCUT2D eigenvalue weighted by molar-refractivity contribution is -0.141. The highest BCUT2D eigenvalue weighted by molar-refractivity contribution is 5.99. The number of amides is 1. The first kappa shape index (κ1) is 23.8. The van der Waals surface area contributed by atoms with Crippen LogP contribution in [-0.4, -0.2) is 65.4 Å². The van der Waals surface area contributed by atoms with Crippen LogP contribution in [0.1, 0.15) is 29.8 Å². The first-order valence-electron chi connectivity index (χ1n) is 11.8. The maximum atomic E-state index is 14.2. The van der Waals surface area contributed by atoms with Gasteiger partial charge in [-0.05, 0) is 18.9 Å². The Bertz CT molecular complexity index is 1520. The molecule has 0 spiro atoms. The monoisotopic (exact) mass is 520 g/mol. The van der Waals surface area contributed by atoms with Crippen molar-refractivity contribution in [2.75, 3.05) is 13.1 Å². The maximum Gasteiger partial charge on any atom is 0.408 e. The van der Waals surface area contributed by atoms with E-state index < -0.39 is 36.4 Å². The normalized spacial score (nSPS) is 22.2. The number of alkyl halides is 3. The third kappa shape index (κ3) is 4.10. The van der Waals surface area contributed by atoms with E-state index in [-0.39, 0.29) is 45.5 Å². The van der Waals surface area contributed by atoms with Crippen LogP contribution in [0.4, 0.5) is 22.0 Å². The second kappa shape index (κ2) is 8.47. The van der Waals surface area contributed by atoms with Crippen molar-refractivity contribution in [1.29, 1.82) is 0 Å². The molecule has 1 saturated carbocycles. The fraction of sp³-hybridized carbons (Fsp3) is 0.417. The number of pyridine rings is 2. The summed E-state index contributed by atoms with van der Waals surface area (Å²) in [6, 6.07) is 1.91. The Morgan fingerprint density at radius 2 is 1.81 bits per heavy atom. The standard InChI is InChI=1S/C24H21F5N6O2/c25-14-4-16(26)22-31-7-19(34(22)10-14)20-15-6-30-17(5-18(15)35(32-20)11-24(27,28)29)23(37)33-8-12-2-1-3-13(9-33)21(12)36/h4-7,10,12-13,21,36H,1-3,8-9,11H2. The van der Waals surface area contributed by atoms with Crippen LogP contribution in [-0.2, 0) is 6.54 Å². The lowest BCUT2D eigenvalue weighted by atomic mass is 9.75. The summed E-state index contributed by atoms with van der Waals surface area (Å²) in [5, 5.41) is 14.7. The van der Waals surface area contributed by atoms with Gasteiger partial charge in [0.05, 0.1) is 23.5 Å². The molecule has 2 fully saturated rings. The van der Waals surface area contributed by atoms with Crippen LogP contribution in [0.25, 0.3) is 27.9 Å². The Morgan fingerprint density at radius 3 is 2.51 bits per heavy atom. The van der Waals surface area contributed by atoms with Crippen molar-refractivity contribution in [3.8, 4) is 11.4 Å². The summed E-state index contributed by atoms with van der Waals surface area (Å²) < 4.78 is 70.1. The van der Waals surface area contributed by atoms with Gasteiger partial charge in [-0.3, -0.25) is 18.9 Å². The van der Waals surface area contributed by atoms with Crippen LogP contribution in [0.5, 0.6) is 0 Å². The van der Waals surface area contributed by atoms with Gasteiger partial charge in [-0.1, -0.05) is 6.42 Å². The predicted molar refractivity (Wildman–Crippen MR) is 120 cm³/mol. The summed E-state index contributed by atoms with van der Waals surface area (Å²) >= 11 is 0. The average molecular weight is 520 g/mol. The molecule has 5 heterocycles. The SMILES string of the molecule is O=C(c1cc2c(cn1)c(-c1cnc3c(F)cc(F)cn13)nn2CC(F)(F)F)N1CC2CCCC(C1)C2O. The van der Waals surface area contributed by atoms with Crippen LogP contribution in [0.2, 0.25) is 0 Å². The minimum atomic E-state index is -4.62. The Morgan fingerprint density at radius 1 is 1.08 bits per heavy atom. The summed E-state index contributed by atoms with van der Waals surface area (Å²) in [4.78, 5) is 23.0. The first-order valence-corrected chi connectivity index (χ1v) is 11.8. The van der Waals surface area contributed by atoms with Crippen LogP contribution in [0, 0.1) is 23.5 Å². The van der Waals surface area contributed by atoms with E-state index in [1.807, 2.05) is 0 Å². The highest BCUT2D eigenvalue weighted by Gasteiger charge is 2.40. The molecule has 1 aliphatic carbocycles. The molecule has 1 N–H and O–H groups in total. The first-order chi connectivity index (χ1) is 17.6. The number of carbonyl (C=O) groups is 1. The van der Waals surface area contributed by atoms with Gasteiger partial charge in [0.2, 0.25) is 0 Å². The number of hydrogen-bond acceptors (Lipinski definition) is 5. The number of imidazole rings is 1.